The molecule has 0 aromatic heterocycles. The van der Waals surface area contributed by atoms with Crippen LogP contribution in [0, 0.1) is 5.92 Å². The van der Waals surface area contributed by atoms with Gasteiger partial charge in [0, 0.05) is 28.7 Å². The minimum Gasteiger partial charge on any atom is -0.483 e. The molecule has 8 heteroatoms. The van der Waals surface area contributed by atoms with E-state index in [0.29, 0.717) is 40.2 Å². The van der Waals surface area contributed by atoms with Crippen LogP contribution in [0.5, 0.6) is 5.75 Å². The maximum absolute atomic E-state index is 13.4. The summed E-state index contributed by atoms with van der Waals surface area (Å²) in [6.45, 7) is 10.5. The van der Waals surface area contributed by atoms with Crippen molar-refractivity contribution in [3.63, 3.8) is 0 Å². The monoisotopic (exact) mass is 570 g/mol. The summed E-state index contributed by atoms with van der Waals surface area (Å²) in [4.78, 5) is 27.9. The molecule has 2 amide bonds. The first kappa shape index (κ1) is 28.5. The molecule has 0 aliphatic carbocycles. The van der Waals surface area contributed by atoms with E-state index in [4.69, 9.17) is 27.9 Å². The lowest BCUT2D eigenvalue weighted by Crippen LogP contribution is -2.50. The van der Waals surface area contributed by atoms with E-state index in [9.17, 15) is 9.59 Å². The van der Waals surface area contributed by atoms with Crippen LogP contribution < -0.4 is 10.1 Å². The number of amides is 2. The highest BCUT2D eigenvalue weighted by molar-refractivity contribution is 9.10. The molecular weight excluding hydrogens is 539 g/mol. The molecule has 0 radical (unpaired) electrons. The van der Waals surface area contributed by atoms with E-state index in [2.05, 4.69) is 35.1 Å². The van der Waals surface area contributed by atoms with Gasteiger partial charge < -0.3 is 15.0 Å². The van der Waals surface area contributed by atoms with Gasteiger partial charge in [-0.05, 0) is 64.0 Å². The molecule has 34 heavy (non-hydrogen) atoms. The van der Waals surface area contributed by atoms with Gasteiger partial charge >= 0.3 is 0 Å². The number of carbonyl (C=O) groups excluding carboxylic acids is 2. The maximum atomic E-state index is 13.4. The Balaban J connectivity index is 2.28. The zero-order chi connectivity index (χ0) is 25.4. The number of benzene rings is 2. The average molecular weight is 572 g/mol. The van der Waals surface area contributed by atoms with Crippen molar-refractivity contribution in [2.75, 3.05) is 13.2 Å². The van der Waals surface area contributed by atoms with Crippen LogP contribution >= 0.6 is 39.1 Å². The van der Waals surface area contributed by atoms with Crippen molar-refractivity contribution in [1.82, 2.24) is 10.2 Å². The second kappa shape index (κ2) is 13.4. The number of nitrogens with one attached hydrogen (secondary N) is 1. The largest absolute Gasteiger partial charge is 0.483 e. The number of carbonyl (C=O) groups is 2. The Hall–Kier alpha value is -1.76. The van der Waals surface area contributed by atoms with E-state index < -0.39 is 6.04 Å². The van der Waals surface area contributed by atoms with Crippen molar-refractivity contribution in [2.24, 2.45) is 5.92 Å². The fourth-order valence-corrected chi connectivity index (χ4v) is 4.44. The Morgan fingerprint density at radius 2 is 1.74 bits per heavy atom. The van der Waals surface area contributed by atoms with Crippen molar-refractivity contribution in [2.45, 2.75) is 59.5 Å². The molecule has 0 heterocycles. The predicted octanol–water partition coefficient (Wildman–Crippen LogP) is 6.84. The minimum absolute atomic E-state index is 0.0990. The van der Waals surface area contributed by atoms with Gasteiger partial charge in [-0.1, -0.05) is 70.0 Å². The van der Waals surface area contributed by atoms with Crippen LogP contribution in [0.25, 0.3) is 0 Å². The van der Waals surface area contributed by atoms with Gasteiger partial charge in [0.25, 0.3) is 5.91 Å². The highest BCUT2D eigenvalue weighted by Crippen LogP contribution is 2.30. The Morgan fingerprint density at radius 1 is 1.09 bits per heavy atom. The Bertz CT molecular complexity index is 978. The number of hydrogen-bond acceptors (Lipinski definition) is 3. The molecular formula is C26H33BrCl2N2O3. The average Bonchev–Trinajstić information content (AvgIpc) is 2.78. The van der Waals surface area contributed by atoms with E-state index in [0.717, 1.165) is 10.0 Å². The Morgan fingerprint density at radius 3 is 2.26 bits per heavy atom. The standard InChI is InChI=1S/C26H33BrCl2N2O3/c1-6-23(26(33)30-13-16(2)3)31(14-19-21(28)8-7-9-22(19)29)25(32)15-34-24-11-10-18(17(4)5)12-20(24)27/h7-12,16-17,23H,6,13-15H2,1-5H3,(H,30,33)/t23-/m1/s1. The highest BCUT2D eigenvalue weighted by atomic mass is 79.9. The molecule has 5 nitrogen and oxygen atoms in total. The third kappa shape index (κ3) is 7.89. The molecule has 0 saturated carbocycles. The number of halogens is 3. The van der Waals surface area contributed by atoms with Crippen LogP contribution in [0.15, 0.2) is 40.9 Å². The minimum atomic E-state index is -0.686. The van der Waals surface area contributed by atoms with Gasteiger partial charge in [-0.25, -0.2) is 0 Å². The summed E-state index contributed by atoms with van der Waals surface area (Å²) in [5, 5.41) is 3.82. The van der Waals surface area contributed by atoms with E-state index in [1.165, 1.54) is 4.90 Å². The summed E-state index contributed by atoms with van der Waals surface area (Å²) in [6, 6.07) is 10.3. The number of rotatable bonds is 11. The normalized spacial score (nSPS) is 12.1. The first-order valence-corrected chi connectivity index (χ1v) is 13.0. The van der Waals surface area contributed by atoms with Crippen molar-refractivity contribution in [3.8, 4) is 5.75 Å². The fourth-order valence-electron chi connectivity index (χ4n) is 3.41. The summed E-state index contributed by atoms with van der Waals surface area (Å²) in [5.74, 6) is 0.680. The maximum Gasteiger partial charge on any atom is 0.261 e. The molecule has 0 fully saturated rings. The lowest BCUT2D eigenvalue weighted by molar-refractivity contribution is -0.143. The quantitative estimate of drug-likeness (QED) is 0.321. The van der Waals surface area contributed by atoms with Gasteiger partial charge in [0.1, 0.15) is 11.8 Å². The summed E-state index contributed by atoms with van der Waals surface area (Å²) in [5.41, 5.74) is 1.75. The van der Waals surface area contributed by atoms with Crippen molar-refractivity contribution < 1.29 is 14.3 Å². The molecule has 0 saturated heterocycles. The van der Waals surface area contributed by atoms with Gasteiger partial charge in [-0.2, -0.15) is 0 Å². The molecule has 1 atom stereocenters. The predicted molar refractivity (Wildman–Crippen MR) is 143 cm³/mol. The van der Waals surface area contributed by atoms with E-state index in [1.807, 2.05) is 39.0 Å². The second-order valence-corrected chi connectivity index (χ2v) is 10.6. The van der Waals surface area contributed by atoms with Gasteiger partial charge in [-0.3, -0.25) is 9.59 Å². The van der Waals surface area contributed by atoms with Crippen molar-refractivity contribution in [3.05, 3.63) is 62.0 Å². The van der Waals surface area contributed by atoms with Crippen LogP contribution in [-0.4, -0.2) is 35.9 Å². The molecule has 2 rings (SSSR count). The lowest BCUT2D eigenvalue weighted by Gasteiger charge is -2.31. The summed E-state index contributed by atoms with van der Waals surface area (Å²) < 4.78 is 6.62. The van der Waals surface area contributed by atoms with E-state index in [-0.39, 0.29) is 30.9 Å². The molecule has 0 unspecified atom stereocenters. The number of hydrogen-bond donors (Lipinski definition) is 1. The van der Waals surface area contributed by atoms with Crippen molar-refractivity contribution >= 4 is 50.9 Å². The first-order chi connectivity index (χ1) is 16.0. The molecule has 0 bridgehead atoms. The van der Waals surface area contributed by atoms with Crippen LogP contribution in [0.1, 0.15) is 58.1 Å². The van der Waals surface area contributed by atoms with E-state index in [1.54, 1.807) is 18.2 Å². The third-order valence-corrected chi connectivity index (χ3v) is 6.76. The lowest BCUT2D eigenvalue weighted by atomic mass is 10.0. The van der Waals surface area contributed by atoms with Gasteiger partial charge in [0.15, 0.2) is 6.61 Å². The Kier molecular flexibility index (Phi) is 11.2. The van der Waals surface area contributed by atoms with Crippen LogP contribution in [0.3, 0.4) is 0 Å². The summed E-state index contributed by atoms with van der Waals surface area (Å²) >= 11 is 16.3. The summed E-state index contributed by atoms with van der Waals surface area (Å²) in [6.07, 6.45) is 0.435. The molecule has 0 aliphatic heterocycles. The molecule has 1 N–H and O–H groups in total. The zero-order valence-electron chi connectivity index (χ0n) is 20.3. The molecule has 186 valence electrons. The topological polar surface area (TPSA) is 58.6 Å². The van der Waals surface area contributed by atoms with Crippen LogP contribution in [0.2, 0.25) is 10.0 Å². The third-order valence-electron chi connectivity index (χ3n) is 5.43. The van der Waals surface area contributed by atoms with Crippen LogP contribution in [-0.2, 0) is 16.1 Å². The molecule has 2 aromatic carbocycles. The van der Waals surface area contributed by atoms with Crippen molar-refractivity contribution in [1.29, 1.82) is 0 Å². The summed E-state index contributed by atoms with van der Waals surface area (Å²) in [7, 11) is 0. The zero-order valence-corrected chi connectivity index (χ0v) is 23.4. The smallest absolute Gasteiger partial charge is 0.261 e. The van der Waals surface area contributed by atoms with Gasteiger partial charge in [-0.15, -0.1) is 0 Å². The highest BCUT2D eigenvalue weighted by Gasteiger charge is 2.30. The van der Waals surface area contributed by atoms with E-state index >= 15 is 0 Å². The fraction of sp³-hybridized carbons (Fsp3) is 0.462. The molecule has 0 aliphatic rings. The second-order valence-electron chi connectivity index (χ2n) is 8.92. The number of nitrogens with zero attached hydrogens (tertiary/aromatic N) is 1. The first-order valence-electron chi connectivity index (χ1n) is 11.5. The molecule has 0 spiro atoms. The number of ether oxygens (including phenoxy) is 1. The SMILES string of the molecule is CC[C@H](C(=O)NCC(C)C)N(Cc1c(Cl)cccc1Cl)C(=O)COc1ccc(C(C)C)cc1Br. The van der Waals surface area contributed by atoms with Crippen LogP contribution in [0.4, 0.5) is 0 Å². The molecule has 2 aromatic rings. The van der Waals surface area contributed by atoms with Gasteiger partial charge in [0.2, 0.25) is 5.91 Å². The Labute approximate surface area is 221 Å². The van der Waals surface area contributed by atoms with Gasteiger partial charge in [0.05, 0.1) is 4.47 Å².